The van der Waals surface area contributed by atoms with Gasteiger partial charge in [-0.25, -0.2) is 4.39 Å². The van der Waals surface area contributed by atoms with Crippen molar-refractivity contribution < 1.29 is 18.8 Å². The fourth-order valence-corrected chi connectivity index (χ4v) is 3.95. The maximum atomic E-state index is 16.0. The molecule has 168 valence electrons. The Kier molecular flexibility index (Phi) is 5.80. The second kappa shape index (κ2) is 8.58. The number of benzene rings is 2. The second-order valence-electron chi connectivity index (χ2n) is 8.61. The van der Waals surface area contributed by atoms with Crippen LogP contribution < -0.4 is 5.32 Å². The summed E-state index contributed by atoms with van der Waals surface area (Å²) in [5, 5.41) is 2.79. The first-order valence-corrected chi connectivity index (χ1v) is 10.6. The van der Waals surface area contributed by atoms with Gasteiger partial charge in [0.15, 0.2) is 12.2 Å². The number of nitrogens with one attached hydrogen (secondary N) is 1. The molecule has 1 aliphatic rings. The number of aromatic nitrogens is 1. The summed E-state index contributed by atoms with van der Waals surface area (Å²) in [7, 11) is 0. The topological polar surface area (TPSA) is 79.4 Å². The molecular weight excluding hydrogens is 421 g/mol. The minimum atomic E-state index is -1.92. The van der Waals surface area contributed by atoms with Gasteiger partial charge in [-0.1, -0.05) is 48.0 Å². The smallest absolute Gasteiger partial charge is 0.262 e. The normalized spacial score (nSPS) is 15.2. The molecule has 1 aromatic heterocycles. The number of hydrogen-bond donors (Lipinski definition) is 1. The van der Waals surface area contributed by atoms with Crippen LogP contribution in [0.15, 0.2) is 72.9 Å². The quantitative estimate of drug-likeness (QED) is 0.579. The van der Waals surface area contributed by atoms with Gasteiger partial charge in [-0.3, -0.25) is 24.3 Å². The zero-order valence-electron chi connectivity index (χ0n) is 18.6. The predicted molar refractivity (Wildman–Crippen MR) is 121 cm³/mol. The van der Waals surface area contributed by atoms with Crippen LogP contribution >= 0.6 is 0 Å². The van der Waals surface area contributed by atoms with Crippen molar-refractivity contribution in [3.63, 3.8) is 0 Å². The first-order valence-electron chi connectivity index (χ1n) is 10.6. The number of hydrogen-bond acceptors (Lipinski definition) is 4. The van der Waals surface area contributed by atoms with E-state index in [2.05, 4.69) is 10.3 Å². The first-order chi connectivity index (χ1) is 15.7. The van der Waals surface area contributed by atoms with E-state index >= 15 is 4.39 Å². The van der Waals surface area contributed by atoms with Crippen LogP contribution in [0.4, 0.5) is 4.39 Å². The van der Waals surface area contributed by atoms with Crippen molar-refractivity contribution in [2.75, 3.05) is 0 Å². The lowest BCUT2D eigenvalue weighted by Crippen LogP contribution is -2.55. The average Bonchev–Trinajstić information content (AvgIpc) is 3.05. The van der Waals surface area contributed by atoms with E-state index in [4.69, 9.17) is 0 Å². The van der Waals surface area contributed by atoms with Gasteiger partial charge in [0.2, 0.25) is 5.91 Å². The summed E-state index contributed by atoms with van der Waals surface area (Å²) >= 11 is 0. The number of fused-ring (bicyclic) bond motifs is 1. The standard InChI is InChI=1S/C26H24FN3O3/c1-16-11-13-17(14-12-16)21(27)22(23(31)29-26(2,3)20-10-6-7-15-28-20)30-24(32)18-8-4-5-9-19(18)25(30)33/h4-15,21-22H,1-3H3,(H,29,31)/t21-,22-/m0/s1. The number of amides is 3. The van der Waals surface area contributed by atoms with Crippen LogP contribution in [0.1, 0.15) is 57.6 Å². The number of halogens is 1. The lowest BCUT2D eigenvalue weighted by Gasteiger charge is -2.33. The Hall–Kier alpha value is -3.87. The molecule has 0 spiro atoms. The molecule has 7 heteroatoms. The van der Waals surface area contributed by atoms with Crippen LogP contribution in [0.25, 0.3) is 0 Å². The molecule has 0 fully saturated rings. The van der Waals surface area contributed by atoms with Crippen LogP contribution in [0, 0.1) is 6.92 Å². The Bertz CT molecular complexity index is 1170. The summed E-state index contributed by atoms with van der Waals surface area (Å²) in [6.45, 7) is 5.32. The molecule has 0 saturated carbocycles. The fraction of sp³-hybridized carbons (Fsp3) is 0.231. The largest absolute Gasteiger partial charge is 0.344 e. The zero-order chi connectivity index (χ0) is 23.8. The molecule has 3 aromatic rings. The molecule has 2 heterocycles. The van der Waals surface area contributed by atoms with Gasteiger partial charge in [-0.15, -0.1) is 0 Å². The molecule has 4 rings (SSSR count). The molecule has 6 nitrogen and oxygen atoms in total. The van der Waals surface area contributed by atoms with E-state index in [9.17, 15) is 14.4 Å². The van der Waals surface area contributed by atoms with Crippen molar-refractivity contribution in [3.8, 4) is 0 Å². The zero-order valence-corrected chi connectivity index (χ0v) is 18.6. The van der Waals surface area contributed by atoms with E-state index < -0.39 is 35.5 Å². The van der Waals surface area contributed by atoms with Crippen molar-refractivity contribution >= 4 is 17.7 Å². The maximum absolute atomic E-state index is 16.0. The summed E-state index contributed by atoms with van der Waals surface area (Å²) in [4.78, 5) is 44.8. The van der Waals surface area contributed by atoms with E-state index in [0.29, 0.717) is 5.69 Å². The Morgan fingerprint density at radius 1 is 0.939 bits per heavy atom. The number of nitrogens with zero attached hydrogens (tertiary/aromatic N) is 2. The number of carbonyl (C=O) groups excluding carboxylic acids is 3. The molecule has 0 unspecified atom stereocenters. The summed E-state index contributed by atoms with van der Waals surface area (Å²) in [6, 6.07) is 16.4. The van der Waals surface area contributed by atoms with Crippen LogP contribution in [-0.2, 0) is 10.3 Å². The number of alkyl halides is 1. The highest BCUT2D eigenvalue weighted by Crippen LogP contribution is 2.33. The van der Waals surface area contributed by atoms with Gasteiger partial charge in [-0.05, 0) is 50.6 Å². The van der Waals surface area contributed by atoms with Crippen LogP contribution in [0.3, 0.4) is 0 Å². The molecule has 2 aromatic carbocycles. The number of carbonyl (C=O) groups is 3. The van der Waals surface area contributed by atoms with Crippen molar-refractivity contribution in [1.29, 1.82) is 0 Å². The number of pyridine rings is 1. The van der Waals surface area contributed by atoms with E-state index in [1.54, 1.807) is 74.6 Å². The highest BCUT2D eigenvalue weighted by molar-refractivity contribution is 6.23. The molecule has 0 saturated heterocycles. The third-order valence-electron chi connectivity index (χ3n) is 5.79. The molecular formula is C26H24FN3O3. The van der Waals surface area contributed by atoms with Gasteiger partial charge >= 0.3 is 0 Å². The summed E-state index contributed by atoms with van der Waals surface area (Å²) in [5.41, 5.74) is 1.02. The molecule has 33 heavy (non-hydrogen) atoms. The van der Waals surface area contributed by atoms with E-state index in [-0.39, 0.29) is 16.7 Å². The Morgan fingerprint density at radius 2 is 1.52 bits per heavy atom. The molecule has 0 aliphatic carbocycles. The van der Waals surface area contributed by atoms with Crippen molar-refractivity contribution in [2.45, 2.75) is 38.5 Å². The lowest BCUT2D eigenvalue weighted by molar-refractivity contribution is -0.129. The fourth-order valence-electron chi connectivity index (χ4n) is 3.95. The second-order valence-corrected chi connectivity index (χ2v) is 8.61. The SMILES string of the molecule is Cc1ccc([C@H](F)[C@@H](C(=O)NC(C)(C)c2ccccn2)N2C(=O)c3ccccc3C2=O)cc1. The van der Waals surface area contributed by atoms with Gasteiger partial charge < -0.3 is 5.32 Å². The van der Waals surface area contributed by atoms with Gasteiger partial charge in [0, 0.05) is 6.20 Å². The molecule has 0 radical (unpaired) electrons. The monoisotopic (exact) mass is 445 g/mol. The number of imide groups is 1. The summed E-state index contributed by atoms with van der Waals surface area (Å²) < 4.78 is 16.0. The molecule has 3 amide bonds. The molecule has 1 aliphatic heterocycles. The van der Waals surface area contributed by atoms with Crippen molar-refractivity contribution in [1.82, 2.24) is 15.2 Å². The summed E-state index contributed by atoms with van der Waals surface area (Å²) in [5.74, 6) is -2.17. The number of aryl methyl sites for hydroxylation is 1. The van der Waals surface area contributed by atoms with E-state index in [1.807, 2.05) is 6.92 Å². The lowest BCUT2D eigenvalue weighted by atomic mass is 9.96. The van der Waals surface area contributed by atoms with Gasteiger partial charge in [-0.2, -0.15) is 0 Å². The highest BCUT2D eigenvalue weighted by Gasteiger charge is 2.47. The summed E-state index contributed by atoms with van der Waals surface area (Å²) in [6.07, 6.45) is -0.331. The van der Waals surface area contributed by atoms with Crippen LogP contribution in [0.5, 0.6) is 0 Å². The van der Waals surface area contributed by atoms with Crippen molar-refractivity contribution in [2.24, 2.45) is 0 Å². The van der Waals surface area contributed by atoms with Crippen LogP contribution in [0.2, 0.25) is 0 Å². The minimum absolute atomic E-state index is 0.153. The minimum Gasteiger partial charge on any atom is -0.344 e. The molecule has 2 atom stereocenters. The average molecular weight is 445 g/mol. The third kappa shape index (κ3) is 4.14. The van der Waals surface area contributed by atoms with Gasteiger partial charge in [0.1, 0.15) is 0 Å². The Morgan fingerprint density at radius 3 is 2.06 bits per heavy atom. The van der Waals surface area contributed by atoms with E-state index in [1.165, 1.54) is 12.1 Å². The van der Waals surface area contributed by atoms with Crippen molar-refractivity contribution in [3.05, 3.63) is 101 Å². The third-order valence-corrected chi connectivity index (χ3v) is 5.79. The Balaban J connectivity index is 1.73. The molecule has 1 N–H and O–H groups in total. The molecule has 0 bridgehead atoms. The van der Waals surface area contributed by atoms with Gasteiger partial charge in [0.25, 0.3) is 11.8 Å². The van der Waals surface area contributed by atoms with Gasteiger partial charge in [0.05, 0.1) is 22.4 Å². The predicted octanol–water partition coefficient (Wildman–Crippen LogP) is 4.12. The first kappa shape index (κ1) is 22.3. The van der Waals surface area contributed by atoms with E-state index in [0.717, 1.165) is 10.5 Å². The number of rotatable bonds is 6. The maximum Gasteiger partial charge on any atom is 0.262 e. The Labute approximate surface area is 191 Å². The van der Waals surface area contributed by atoms with Crippen LogP contribution in [-0.4, -0.2) is 33.6 Å². The highest BCUT2D eigenvalue weighted by atomic mass is 19.1.